The highest BCUT2D eigenvalue weighted by Crippen LogP contribution is 2.41. The van der Waals surface area contributed by atoms with Crippen LogP contribution in [0.4, 0.5) is 0 Å². The molecule has 0 saturated heterocycles. The van der Waals surface area contributed by atoms with Crippen LogP contribution in [0.15, 0.2) is 199 Å². The molecule has 0 N–H and O–H groups in total. The van der Waals surface area contributed by atoms with Gasteiger partial charge in [0.2, 0.25) is 5.95 Å². The second-order valence-electron chi connectivity index (χ2n) is 15.6. The van der Waals surface area contributed by atoms with Gasteiger partial charge in [0.1, 0.15) is 11.2 Å². The fourth-order valence-corrected chi connectivity index (χ4v) is 9.36. The first kappa shape index (κ1) is 32.9. The van der Waals surface area contributed by atoms with Crippen molar-refractivity contribution in [3.8, 4) is 39.9 Å². The largest absolute Gasteiger partial charge is 0.456 e. The lowest BCUT2D eigenvalue weighted by atomic mass is 9.97. The van der Waals surface area contributed by atoms with Crippen molar-refractivity contribution in [1.29, 1.82) is 0 Å². The summed E-state index contributed by atoms with van der Waals surface area (Å²) in [5.41, 5.74) is 7.87. The van der Waals surface area contributed by atoms with Gasteiger partial charge in [0.25, 0.3) is 0 Å². The minimum absolute atomic E-state index is 0.557. The van der Waals surface area contributed by atoms with Crippen molar-refractivity contribution >= 4 is 86.8 Å². The molecule has 5 heteroatoms. The molecular weight excluding hydrogens is 733 g/mol. The number of hydrogen-bond acceptors (Lipinski definition) is 4. The van der Waals surface area contributed by atoms with Crippen LogP contribution < -0.4 is 0 Å². The zero-order chi connectivity index (χ0) is 39.3. The van der Waals surface area contributed by atoms with E-state index in [0.29, 0.717) is 17.6 Å². The van der Waals surface area contributed by atoms with Gasteiger partial charge in [0.05, 0.1) is 11.0 Å². The lowest BCUT2D eigenvalue weighted by molar-refractivity contribution is 0.669. The van der Waals surface area contributed by atoms with E-state index in [1.165, 1.54) is 54.0 Å². The van der Waals surface area contributed by atoms with Crippen molar-refractivity contribution in [2.75, 3.05) is 0 Å². The highest BCUT2D eigenvalue weighted by Gasteiger charge is 2.21. The maximum Gasteiger partial charge on any atom is 0.238 e. The second kappa shape index (κ2) is 12.7. The molecule has 13 rings (SSSR count). The quantitative estimate of drug-likeness (QED) is 0.179. The minimum atomic E-state index is 0.557. The second-order valence-corrected chi connectivity index (χ2v) is 15.6. The summed E-state index contributed by atoms with van der Waals surface area (Å²) in [5.74, 6) is 1.74. The smallest absolute Gasteiger partial charge is 0.238 e. The number of aromatic nitrogens is 4. The number of furan rings is 1. The van der Waals surface area contributed by atoms with Crippen LogP contribution >= 0.6 is 0 Å². The van der Waals surface area contributed by atoms with E-state index in [1.54, 1.807) is 0 Å². The van der Waals surface area contributed by atoms with Crippen LogP contribution in [-0.2, 0) is 0 Å². The van der Waals surface area contributed by atoms with E-state index in [-0.39, 0.29) is 0 Å². The summed E-state index contributed by atoms with van der Waals surface area (Å²) < 4.78 is 8.63. The molecule has 0 spiro atoms. The zero-order valence-corrected chi connectivity index (χ0v) is 32.2. The van der Waals surface area contributed by atoms with Crippen LogP contribution in [0.2, 0.25) is 0 Å². The third-order valence-electron chi connectivity index (χ3n) is 12.2. The molecule has 5 nitrogen and oxygen atoms in total. The first-order valence-corrected chi connectivity index (χ1v) is 20.3. The van der Waals surface area contributed by atoms with Crippen molar-refractivity contribution in [2.45, 2.75) is 0 Å². The normalized spacial score (nSPS) is 12.0. The van der Waals surface area contributed by atoms with Crippen molar-refractivity contribution in [3.05, 3.63) is 194 Å². The summed E-state index contributed by atoms with van der Waals surface area (Å²) in [4.78, 5) is 16.0. The zero-order valence-electron chi connectivity index (χ0n) is 32.2. The average molecular weight is 765 g/mol. The minimum Gasteiger partial charge on any atom is -0.456 e. The summed E-state index contributed by atoms with van der Waals surface area (Å²) in [6.07, 6.45) is 0. The molecule has 13 aromatic rings. The van der Waals surface area contributed by atoms with Crippen LogP contribution in [0.3, 0.4) is 0 Å². The molecule has 278 valence electrons. The highest BCUT2D eigenvalue weighted by molar-refractivity contribution is 6.28. The Morgan fingerprint density at radius 2 is 0.850 bits per heavy atom. The van der Waals surface area contributed by atoms with Crippen LogP contribution in [0, 0.1) is 0 Å². The van der Waals surface area contributed by atoms with E-state index in [9.17, 15) is 0 Å². The summed E-state index contributed by atoms with van der Waals surface area (Å²) in [6.45, 7) is 0. The molecule has 0 aliphatic rings. The maximum absolute atomic E-state index is 6.41. The summed E-state index contributed by atoms with van der Waals surface area (Å²) in [7, 11) is 0. The molecule has 0 saturated carbocycles. The Bertz CT molecular complexity index is 3800. The molecular formula is C55H32N4O. The van der Waals surface area contributed by atoms with Crippen LogP contribution in [-0.4, -0.2) is 19.5 Å². The van der Waals surface area contributed by atoms with E-state index >= 15 is 0 Å². The molecule has 0 radical (unpaired) electrons. The van der Waals surface area contributed by atoms with Crippen molar-refractivity contribution in [2.24, 2.45) is 0 Å². The van der Waals surface area contributed by atoms with Crippen molar-refractivity contribution < 1.29 is 4.42 Å². The molecule has 0 unspecified atom stereocenters. The van der Waals surface area contributed by atoms with E-state index in [2.05, 4.69) is 193 Å². The Balaban J connectivity index is 1.07. The molecule has 0 bridgehead atoms. The topological polar surface area (TPSA) is 56.7 Å². The van der Waals surface area contributed by atoms with Crippen LogP contribution in [0.1, 0.15) is 0 Å². The Kier molecular flexibility index (Phi) is 6.95. The van der Waals surface area contributed by atoms with Gasteiger partial charge in [-0.2, -0.15) is 9.97 Å². The first-order valence-electron chi connectivity index (χ1n) is 20.3. The van der Waals surface area contributed by atoms with Gasteiger partial charge in [-0.05, 0) is 96.7 Å². The number of rotatable bonds is 4. The maximum atomic E-state index is 6.41. The van der Waals surface area contributed by atoms with Crippen molar-refractivity contribution in [1.82, 2.24) is 19.5 Å². The van der Waals surface area contributed by atoms with E-state index in [1.807, 2.05) is 6.07 Å². The molecule has 10 aromatic carbocycles. The number of hydrogen-bond donors (Lipinski definition) is 0. The van der Waals surface area contributed by atoms with Crippen molar-refractivity contribution in [3.63, 3.8) is 0 Å². The van der Waals surface area contributed by atoms with Gasteiger partial charge in [-0.15, -0.1) is 0 Å². The Morgan fingerprint density at radius 1 is 0.333 bits per heavy atom. The summed E-state index contributed by atoms with van der Waals surface area (Å²) in [5, 5.41) is 14.0. The first-order chi connectivity index (χ1) is 29.7. The fourth-order valence-electron chi connectivity index (χ4n) is 9.36. The molecule has 3 aromatic heterocycles. The van der Waals surface area contributed by atoms with Crippen LogP contribution in [0.5, 0.6) is 0 Å². The van der Waals surface area contributed by atoms with Gasteiger partial charge in [0, 0.05) is 32.7 Å². The molecule has 0 aliphatic heterocycles. The highest BCUT2D eigenvalue weighted by atomic mass is 16.3. The third kappa shape index (κ3) is 4.96. The lowest BCUT2D eigenvalue weighted by Gasteiger charge is -2.12. The Labute approximate surface area is 343 Å². The van der Waals surface area contributed by atoms with E-state index in [0.717, 1.165) is 55.0 Å². The van der Waals surface area contributed by atoms with Gasteiger partial charge >= 0.3 is 0 Å². The molecule has 0 atom stereocenters. The van der Waals surface area contributed by atoms with Gasteiger partial charge in [-0.1, -0.05) is 152 Å². The van der Waals surface area contributed by atoms with Gasteiger partial charge < -0.3 is 4.42 Å². The SMILES string of the molecule is c1ccc2cc3c(cc2c1)oc1ccc(-c2nc(-c4ccc(-c5cccc6ccccc56)cc4)nc(-n4c5ccc6ccccc6c5c5c6ccccc6ccc54)n2)cc13. The molecule has 0 aliphatic carbocycles. The van der Waals surface area contributed by atoms with E-state index < -0.39 is 0 Å². The standard InChI is InChI=1S/C55H32N4O/c1-2-14-39-32-50-46(30-38(39)13-1)45-31-40(26-29-49(45)60-50)54-56-53(37-22-20-36(21-23-37)42-19-9-15-33-10-3-6-16-41(33)42)57-55(58-54)59-47-27-24-34-11-4-7-17-43(34)51(47)52-44-18-8-5-12-35(44)25-28-48(52)59/h1-32H. The Hall–Kier alpha value is -8.15. The summed E-state index contributed by atoms with van der Waals surface area (Å²) in [6, 6.07) is 68.7. The lowest BCUT2D eigenvalue weighted by Crippen LogP contribution is -2.06. The van der Waals surface area contributed by atoms with Gasteiger partial charge in [-0.25, -0.2) is 4.98 Å². The molecule has 0 fully saturated rings. The van der Waals surface area contributed by atoms with Gasteiger partial charge in [-0.3, -0.25) is 4.57 Å². The van der Waals surface area contributed by atoms with E-state index in [4.69, 9.17) is 19.4 Å². The third-order valence-corrected chi connectivity index (χ3v) is 12.2. The monoisotopic (exact) mass is 764 g/mol. The predicted molar refractivity (Wildman–Crippen MR) is 248 cm³/mol. The number of nitrogens with zero attached hydrogens (tertiary/aromatic N) is 4. The Morgan fingerprint density at radius 3 is 1.53 bits per heavy atom. The number of benzene rings is 10. The van der Waals surface area contributed by atoms with Gasteiger partial charge in [0.15, 0.2) is 11.6 Å². The molecule has 0 amide bonds. The number of fused-ring (bicyclic) bond motifs is 12. The average Bonchev–Trinajstić information content (AvgIpc) is 3.85. The fraction of sp³-hybridized carbons (Fsp3) is 0. The molecule has 60 heavy (non-hydrogen) atoms. The molecule has 3 heterocycles. The van der Waals surface area contributed by atoms with Crippen LogP contribution in [0.25, 0.3) is 127 Å². The predicted octanol–water partition coefficient (Wildman–Crippen LogP) is 14.5. The summed E-state index contributed by atoms with van der Waals surface area (Å²) >= 11 is 0.